The third kappa shape index (κ3) is 6.71. The fourth-order valence-corrected chi connectivity index (χ4v) is 7.13. The van der Waals surface area contributed by atoms with Gasteiger partial charge in [-0.1, -0.05) is 42.5 Å². The number of rotatable bonds is 10. The molecular formula is C30H28F7NO6S. The Bertz CT molecular complexity index is 1600. The third-order valence-corrected chi connectivity index (χ3v) is 9.66. The van der Waals surface area contributed by atoms with E-state index in [4.69, 9.17) is 0 Å². The number of benzene rings is 3. The second kappa shape index (κ2) is 12.7. The summed E-state index contributed by atoms with van der Waals surface area (Å²) in [5.74, 6) is -2.34. The van der Waals surface area contributed by atoms with Crippen molar-refractivity contribution in [3.05, 3.63) is 95.3 Å². The highest BCUT2D eigenvalue weighted by atomic mass is 32.2. The van der Waals surface area contributed by atoms with Gasteiger partial charge in [0.25, 0.3) is 15.6 Å². The molecule has 0 bridgehead atoms. The van der Waals surface area contributed by atoms with E-state index in [1.807, 2.05) is 0 Å². The molecule has 1 aliphatic rings. The van der Waals surface area contributed by atoms with Crippen molar-refractivity contribution in [2.45, 2.75) is 60.7 Å². The van der Waals surface area contributed by atoms with Gasteiger partial charge in [-0.25, -0.2) is 12.8 Å². The molecule has 1 aliphatic heterocycles. The summed E-state index contributed by atoms with van der Waals surface area (Å²) in [4.78, 5) is 12.7. The molecule has 0 aliphatic carbocycles. The Morgan fingerprint density at radius 1 is 0.933 bits per heavy atom. The van der Waals surface area contributed by atoms with Crippen LogP contribution in [0.5, 0.6) is 0 Å². The minimum absolute atomic E-state index is 0.232. The number of fused-ring (bicyclic) bond motifs is 1. The molecule has 4 rings (SSSR count). The van der Waals surface area contributed by atoms with Crippen LogP contribution in [0.4, 0.5) is 36.4 Å². The Hall–Kier alpha value is -3.53. The lowest BCUT2D eigenvalue weighted by molar-refractivity contribution is -0.376. The zero-order valence-corrected chi connectivity index (χ0v) is 24.1. The zero-order valence-electron chi connectivity index (χ0n) is 23.3. The molecule has 0 saturated heterocycles. The Kier molecular flexibility index (Phi) is 9.69. The second-order valence-electron chi connectivity index (χ2n) is 10.7. The van der Waals surface area contributed by atoms with Crippen molar-refractivity contribution >= 4 is 21.5 Å². The third-order valence-electron chi connectivity index (χ3n) is 7.78. The van der Waals surface area contributed by atoms with E-state index in [1.54, 1.807) is 30.3 Å². The number of aliphatic hydroxyl groups excluding tert-OH is 2. The zero-order chi connectivity index (χ0) is 33.4. The average Bonchev–Trinajstić information content (AvgIpc) is 2.98. The molecule has 244 valence electrons. The second-order valence-corrected chi connectivity index (χ2v) is 12.6. The maximum atomic E-state index is 13.8. The smallest absolute Gasteiger partial charge is 0.396 e. The quantitative estimate of drug-likeness (QED) is 0.253. The van der Waals surface area contributed by atoms with Gasteiger partial charge in [-0.15, -0.1) is 0 Å². The molecule has 3 atom stereocenters. The number of halogens is 7. The molecule has 0 aromatic heterocycles. The standard InChI is InChI=1S/C30H28F7NO6S/c31-22-8-11-25(12-9-22)45(43,44)38-23(16-24(40)15-20(17-39)27(41)18-4-2-1-3-5-18)10-6-19-14-21(7-13-26(19)38)28(42,29(32,33)34)30(35,36)37/h1-5,7-9,11-14,20,23,27,39,41-42H,6,10,15-17H2/t20-,23+,27-/m1/s1. The number of hydrogen-bond donors (Lipinski definition) is 3. The molecule has 0 unspecified atom stereocenters. The molecule has 0 fully saturated rings. The van der Waals surface area contributed by atoms with Gasteiger partial charge < -0.3 is 15.3 Å². The van der Waals surface area contributed by atoms with Crippen molar-refractivity contribution < 1.29 is 59.3 Å². The summed E-state index contributed by atoms with van der Waals surface area (Å²) in [6.07, 6.45) is -15.0. The van der Waals surface area contributed by atoms with Crippen LogP contribution in [0, 0.1) is 11.7 Å². The Labute approximate surface area is 253 Å². The molecule has 0 radical (unpaired) electrons. The largest absolute Gasteiger partial charge is 0.430 e. The monoisotopic (exact) mass is 663 g/mol. The number of ketones is 1. The Morgan fingerprint density at radius 3 is 2.09 bits per heavy atom. The predicted octanol–water partition coefficient (Wildman–Crippen LogP) is 5.34. The van der Waals surface area contributed by atoms with Crippen molar-refractivity contribution in [2.24, 2.45) is 5.92 Å². The highest BCUT2D eigenvalue weighted by Crippen LogP contribution is 2.51. The number of aliphatic hydroxyl groups is 3. The molecule has 1 heterocycles. The molecule has 0 saturated carbocycles. The van der Waals surface area contributed by atoms with Crippen LogP contribution in [-0.4, -0.2) is 54.5 Å². The van der Waals surface area contributed by atoms with E-state index in [2.05, 4.69) is 0 Å². The first kappa shape index (κ1) is 34.3. The van der Waals surface area contributed by atoms with Gasteiger partial charge in [0.1, 0.15) is 11.6 Å². The van der Waals surface area contributed by atoms with Gasteiger partial charge in [-0.3, -0.25) is 9.10 Å². The van der Waals surface area contributed by atoms with Crippen molar-refractivity contribution in [1.29, 1.82) is 0 Å². The minimum Gasteiger partial charge on any atom is -0.396 e. The summed E-state index contributed by atoms with van der Waals surface area (Å²) in [6, 6.07) is 11.9. The van der Waals surface area contributed by atoms with E-state index in [-0.39, 0.29) is 30.5 Å². The maximum Gasteiger partial charge on any atom is 0.430 e. The van der Waals surface area contributed by atoms with Crippen molar-refractivity contribution in [1.82, 2.24) is 0 Å². The minimum atomic E-state index is -6.17. The molecule has 45 heavy (non-hydrogen) atoms. The highest BCUT2D eigenvalue weighted by Gasteiger charge is 2.71. The predicted molar refractivity (Wildman–Crippen MR) is 147 cm³/mol. The lowest BCUT2D eigenvalue weighted by atomic mass is 9.86. The highest BCUT2D eigenvalue weighted by molar-refractivity contribution is 7.92. The first-order valence-corrected chi connectivity index (χ1v) is 15.0. The normalized spacial score (nSPS) is 17.5. The molecule has 0 amide bonds. The summed E-state index contributed by atoms with van der Waals surface area (Å²) in [5.41, 5.74) is -7.01. The van der Waals surface area contributed by atoms with Gasteiger partial charge in [-0.05, 0) is 54.3 Å². The Morgan fingerprint density at radius 2 is 1.53 bits per heavy atom. The number of carbonyl (C=O) groups is 1. The molecule has 0 spiro atoms. The average molecular weight is 664 g/mol. The SMILES string of the molecule is O=C(C[C@H](CO)[C@H](O)c1ccccc1)C[C@@H]1CCc2cc(C(O)(C(F)(F)F)C(F)(F)F)ccc2N1S(=O)(=O)c1ccc(F)cc1. The number of aryl methyl sites for hydroxylation is 1. The fourth-order valence-electron chi connectivity index (χ4n) is 5.42. The van der Waals surface area contributed by atoms with Crippen molar-refractivity contribution in [3.63, 3.8) is 0 Å². The lowest BCUT2D eigenvalue weighted by Gasteiger charge is -2.39. The van der Waals surface area contributed by atoms with Gasteiger partial charge in [0.15, 0.2) is 0 Å². The van der Waals surface area contributed by atoms with Gasteiger partial charge in [0.2, 0.25) is 0 Å². The first-order valence-electron chi connectivity index (χ1n) is 13.6. The summed E-state index contributed by atoms with van der Waals surface area (Å²) in [6.45, 7) is -0.600. The topological polar surface area (TPSA) is 115 Å². The van der Waals surface area contributed by atoms with Crippen LogP contribution < -0.4 is 4.31 Å². The molecule has 3 aromatic rings. The van der Waals surface area contributed by atoms with E-state index >= 15 is 0 Å². The Balaban J connectivity index is 1.73. The molecule has 3 N–H and O–H groups in total. The van der Waals surface area contributed by atoms with Crippen LogP contribution in [0.3, 0.4) is 0 Å². The maximum absolute atomic E-state index is 13.8. The van der Waals surface area contributed by atoms with E-state index < -0.39 is 81.1 Å². The number of Topliss-reactive ketones (excluding diaryl/α,β-unsaturated/α-hetero) is 1. The number of sulfonamides is 1. The summed E-state index contributed by atoms with van der Waals surface area (Å²) < 4.78 is 123. The summed E-state index contributed by atoms with van der Waals surface area (Å²) >= 11 is 0. The van der Waals surface area contributed by atoms with Crippen LogP contribution >= 0.6 is 0 Å². The summed E-state index contributed by atoms with van der Waals surface area (Å²) in [7, 11) is -4.68. The van der Waals surface area contributed by atoms with E-state index in [0.717, 1.165) is 24.3 Å². The number of carbonyl (C=O) groups excluding carboxylic acids is 1. The first-order chi connectivity index (χ1) is 20.9. The van der Waals surface area contributed by atoms with Crippen LogP contribution in [-0.2, 0) is 26.8 Å². The van der Waals surface area contributed by atoms with Crippen molar-refractivity contribution in [2.75, 3.05) is 10.9 Å². The number of nitrogens with zero attached hydrogens (tertiary/aromatic N) is 1. The van der Waals surface area contributed by atoms with E-state index in [9.17, 15) is 59.3 Å². The van der Waals surface area contributed by atoms with E-state index in [0.29, 0.717) is 28.1 Å². The van der Waals surface area contributed by atoms with Crippen LogP contribution in [0.2, 0.25) is 0 Å². The van der Waals surface area contributed by atoms with Crippen LogP contribution in [0.1, 0.15) is 42.1 Å². The molecule has 15 heteroatoms. The van der Waals surface area contributed by atoms with Gasteiger partial charge in [0.05, 0.1) is 22.7 Å². The summed E-state index contributed by atoms with van der Waals surface area (Å²) in [5, 5.41) is 30.5. The number of alkyl halides is 6. The van der Waals surface area contributed by atoms with Gasteiger partial charge >= 0.3 is 12.4 Å². The lowest BCUT2D eigenvalue weighted by Crippen LogP contribution is -2.54. The fraction of sp³-hybridized carbons (Fsp3) is 0.367. The van der Waals surface area contributed by atoms with Gasteiger partial charge in [-0.2, -0.15) is 26.3 Å². The van der Waals surface area contributed by atoms with Crippen LogP contribution in [0.15, 0.2) is 77.7 Å². The molecular weight excluding hydrogens is 635 g/mol. The van der Waals surface area contributed by atoms with E-state index in [1.165, 1.54) is 0 Å². The molecule has 3 aromatic carbocycles. The van der Waals surface area contributed by atoms with Crippen LogP contribution in [0.25, 0.3) is 0 Å². The van der Waals surface area contributed by atoms with Gasteiger partial charge in [0, 0.05) is 30.9 Å². The number of hydrogen-bond acceptors (Lipinski definition) is 6. The van der Waals surface area contributed by atoms with Crippen molar-refractivity contribution in [3.8, 4) is 0 Å². The number of anilines is 1. The molecule has 7 nitrogen and oxygen atoms in total.